The fraction of sp³-hybridized carbons (Fsp3) is 0.286. The van der Waals surface area contributed by atoms with E-state index >= 15 is 0 Å². The number of hydrogen-bond donors (Lipinski definition) is 1. The van der Waals surface area contributed by atoms with E-state index in [0.29, 0.717) is 23.6 Å². The molecule has 0 saturated carbocycles. The second-order valence-corrected chi connectivity index (χ2v) is 11.2. The van der Waals surface area contributed by atoms with Gasteiger partial charge >= 0.3 is 0 Å². The Balaban J connectivity index is 2.02. The number of aryl methyl sites for hydroxylation is 1. The van der Waals surface area contributed by atoms with E-state index in [9.17, 15) is 22.4 Å². The smallest absolute Gasteiger partial charge is 0.264 e. The number of carbonyl (C=O) groups excluding carboxylic acids is 2. The van der Waals surface area contributed by atoms with Crippen molar-refractivity contribution in [1.82, 2.24) is 10.2 Å². The largest absolute Gasteiger partial charge is 0.354 e. The molecule has 0 fully saturated rings. The second-order valence-electron chi connectivity index (χ2n) is 8.88. The third-order valence-electron chi connectivity index (χ3n) is 6.02. The fourth-order valence-electron chi connectivity index (χ4n) is 3.76. The van der Waals surface area contributed by atoms with Crippen molar-refractivity contribution >= 4 is 39.1 Å². The van der Waals surface area contributed by atoms with Crippen LogP contribution in [-0.4, -0.2) is 44.3 Å². The lowest BCUT2D eigenvalue weighted by molar-refractivity contribution is -0.139. The van der Waals surface area contributed by atoms with Crippen molar-refractivity contribution in [2.75, 3.05) is 17.4 Å². The molecule has 0 radical (unpaired) electrons. The molecule has 7 nitrogen and oxygen atoms in total. The summed E-state index contributed by atoms with van der Waals surface area (Å²) >= 11 is 6.35. The minimum Gasteiger partial charge on any atom is -0.354 e. The maximum Gasteiger partial charge on any atom is 0.264 e. The van der Waals surface area contributed by atoms with Crippen molar-refractivity contribution < 1.29 is 22.4 Å². The number of hydrogen-bond acceptors (Lipinski definition) is 4. The Hall–Kier alpha value is -3.43. The first kappa shape index (κ1) is 29.1. The van der Waals surface area contributed by atoms with Crippen LogP contribution in [0.5, 0.6) is 0 Å². The fourth-order valence-corrected chi connectivity index (χ4v) is 5.37. The molecule has 0 heterocycles. The van der Waals surface area contributed by atoms with Crippen molar-refractivity contribution in [2.45, 2.75) is 44.7 Å². The molecule has 1 N–H and O–H groups in total. The summed E-state index contributed by atoms with van der Waals surface area (Å²) in [6.45, 7) is 5.21. The van der Waals surface area contributed by atoms with Gasteiger partial charge in [0.1, 0.15) is 18.4 Å². The molecule has 0 spiro atoms. The van der Waals surface area contributed by atoms with Gasteiger partial charge < -0.3 is 10.2 Å². The summed E-state index contributed by atoms with van der Waals surface area (Å²) in [7, 11) is -4.26. The van der Waals surface area contributed by atoms with Gasteiger partial charge in [-0.3, -0.25) is 13.9 Å². The Kier molecular flexibility index (Phi) is 9.88. The van der Waals surface area contributed by atoms with Crippen LogP contribution in [0.4, 0.5) is 10.1 Å². The number of amides is 2. The van der Waals surface area contributed by atoms with E-state index in [0.717, 1.165) is 34.1 Å². The van der Waals surface area contributed by atoms with Crippen molar-refractivity contribution in [3.8, 4) is 0 Å². The van der Waals surface area contributed by atoms with Crippen LogP contribution in [0.15, 0.2) is 77.7 Å². The number of anilines is 1. The number of nitrogens with one attached hydrogen (secondary N) is 1. The molecule has 1 atom stereocenters. The molecular formula is C28H31ClFN3O4S. The molecule has 0 aromatic heterocycles. The number of halogens is 2. The molecule has 10 heteroatoms. The maximum absolute atomic E-state index is 13.8. The van der Waals surface area contributed by atoms with Crippen LogP contribution in [-0.2, 0) is 26.2 Å². The first-order chi connectivity index (χ1) is 18.0. The van der Waals surface area contributed by atoms with Gasteiger partial charge in [0.15, 0.2) is 0 Å². The zero-order valence-corrected chi connectivity index (χ0v) is 23.1. The number of carbonyl (C=O) groups is 2. The molecule has 2 amide bonds. The summed E-state index contributed by atoms with van der Waals surface area (Å²) in [6, 6.07) is 17.1. The standard InChI is InChI=1S/C28H31ClFN3O4S/c1-4-17-31-28(35)21(3)32(18-22-7-5-6-8-26(22)29)27(34)19-33(24-13-9-20(2)10-14-24)38(36,37)25-15-11-23(30)12-16-25/h5-16,21H,4,17-19H2,1-3H3,(H,31,35). The minimum absolute atomic E-state index is 0.00243. The number of sulfonamides is 1. The molecule has 0 saturated heterocycles. The third-order valence-corrected chi connectivity index (χ3v) is 8.17. The first-order valence-electron chi connectivity index (χ1n) is 12.2. The quantitative estimate of drug-likeness (QED) is 0.361. The number of benzene rings is 3. The van der Waals surface area contributed by atoms with Gasteiger partial charge in [-0.1, -0.05) is 54.4 Å². The van der Waals surface area contributed by atoms with Crippen LogP contribution in [0.25, 0.3) is 0 Å². The Labute approximate surface area is 228 Å². The summed E-state index contributed by atoms with van der Waals surface area (Å²) in [5.41, 5.74) is 1.77. The Morgan fingerprint density at radius 1 is 1.00 bits per heavy atom. The highest BCUT2D eigenvalue weighted by atomic mass is 35.5. The van der Waals surface area contributed by atoms with Crippen molar-refractivity contribution in [1.29, 1.82) is 0 Å². The van der Waals surface area contributed by atoms with Crippen LogP contribution >= 0.6 is 11.6 Å². The molecule has 3 aromatic carbocycles. The predicted octanol–water partition coefficient (Wildman–Crippen LogP) is 4.93. The Morgan fingerprint density at radius 3 is 2.24 bits per heavy atom. The molecule has 3 rings (SSSR count). The highest BCUT2D eigenvalue weighted by molar-refractivity contribution is 7.92. The van der Waals surface area contributed by atoms with Crippen molar-refractivity contribution in [2.24, 2.45) is 0 Å². The van der Waals surface area contributed by atoms with Gasteiger partial charge in [0.05, 0.1) is 10.6 Å². The predicted molar refractivity (Wildman–Crippen MR) is 147 cm³/mol. The Bertz CT molecular complexity index is 1370. The zero-order chi connectivity index (χ0) is 27.9. The molecule has 0 bridgehead atoms. The normalized spacial score (nSPS) is 12.0. The highest BCUT2D eigenvalue weighted by Gasteiger charge is 2.32. The SMILES string of the molecule is CCCNC(=O)C(C)N(Cc1ccccc1Cl)C(=O)CN(c1ccc(C)cc1)S(=O)(=O)c1ccc(F)cc1. The number of rotatable bonds is 11. The first-order valence-corrected chi connectivity index (χ1v) is 14.0. The van der Waals surface area contributed by atoms with E-state index in [-0.39, 0.29) is 23.0 Å². The number of nitrogens with zero attached hydrogens (tertiary/aromatic N) is 2. The van der Waals surface area contributed by atoms with Gasteiger partial charge in [-0.05, 0) is 68.3 Å². The van der Waals surface area contributed by atoms with Crippen molar-refractivity contribution in [3.63, 3.8) is 0 Å². The molecule has 0 aliphatic carbocycles. The van der Waals surface area contributed by atoms with Crippen LogP contribution < -0.4 is 9.62 Å². The minimum atomic E-state index is -4.26. The topological polar surface area (TPSA) is 86.8 Å². The second kappa shape index (κ2) is 12.9. The van der Waals surface area contributed by atoms with E-state index < -0.39 is 34.3 Å². The summed E-state index contributed by atoms with van der Waals surface area (Å²) in [5.74, 6) is -1.55. The molecule has 3 aromatic rings. The zero-order valence-electron chi connectivity index (χ0n) is 21.5. The summed E-state index contributed by atoms with van der Waals surface area (Å²) in [4.78, 5) is 27.8. The van der Waals surface area contributed by atoms with E-state index in [1.165, 1.54) is 4.90 Å². The van der Waals surface area contributed by atoms with Gasteiger partial charge in [0, 0.05) is 18.1 Å². The summed E-state index contributed by atoms with van der Waals surface area (Å²) < 4.78 is 41.9. The average molecular weight is 560 g/mol. The lowest BCUT2D eigenvalue weighted by Gasteiger charge is -2.32. The van der Waals surface area contributed by atoms with Gasteiger partial charge in [-0.2, -0.15) is 0 Å². The molecule has 1 unspecified atom stereocenters. The van der Waals surface area contributed by atoms with Crippen LogP contribution in [0, 0.1) is 12.7 Å². The molecule has 0 aliphatic rings. The van der Waals surface area contributed by atoms with E-state index in [4.69, 9.17) is 11.6 Å². The van der Waals surface area contributed by atoms with Crippen LogP contribution in [0.1, 0.15) is 31.4 Å². The lowest BCUT2D eigenvalue weighted by atomic mass is 10.1. The summed E-state index contributed by atoms with van der Waals surface area (Å²) in [5, 5.41) is 3.20. The van der Waals surface area contributed by atoms with Gasteiger partial charge in [-0.25, -0.2) is 12.8 Å². The van der Waals surface area contributed by atoms with Crippen LogP contribution in [0.2, 0.25) is 5.02 Å². The molecule has 202 valence electrons. The molecule has 0 aliphatic heterocycles. The highest BCUT2D eigenvalue weighted by Crippen LogP contribution is 2.26. The van der Waals surface area contributed by atoms with Gasteiger partial charge in [0.2, 0.25) is 11.8 Å². The maximum atomic E-state index is 13.8. The average Bonchev–Trinajstić information content (AvgIpc) is 2.90. The van der Waals surface area contributed by atoms with E-state index in [1.807, 2.05) is 13.8 Å². The van der Waals surface area contributed by atoms with E-state index in [2.05, 4.69) is 5.32 Å². The monoisotopic (exact) mass is 559 g/mol. The molecule has 38 heavy (non-hydrogen) atoms. The van der Waals surface area contributed by atoms with Crippen LogP contribution in [0.3, 0.4) is 0 Å². The third kappa shape index (κ3) is 7.11. The van der Waals surface area contributed by atoms with Gasteiger partial charge in [0.25, 0.3) is 10.0 Å². The molecular weight excluding hydrogens is 529 g/mol. The van der Waals surface area contributed by atoms with E-state index in [1.54, 1.807) is 55.5 Å². The van der Waals surface area contributed by atoms with Gasteiger partial charge in [-0.15, -0.1) is 0 Å². The van der Waals surface area contributed by atoms with Crippen molar-refractivity contribution in [3.05, 3.63) is 94.8 Å². The summed E-state index contributed by atoms with van der Waals surface area (Å²) in [6.07, 6.45) is 0.716. The lowest BCUT2D eigenvalue weighted by Crippen LogP contribution is -2.51. The Morgan fingerprint density at radius 2 is 1.63 bits per heavy atom.